The first kappa shape index (κ1) is 17.8. The fourth-order valence-electron chi connectivity index (χ4n) is 3.33. The number of rotatable bonds is 4. The average Bonchev–Trinajstić information content (AvgIpc) is 3.00. The van der Waals surface area contributed by atoms with Crippen LogP contribution < -0.4 is 10.2 Å². The van der Waals surface area contributed by atoms with Gasteiger partial charge in [0.05, 0.1) is 5.02 Å². The van der Waals surface area contributed by atoms with Crippen molar-refractivity contribution in [1.29, 1.82) is 0 Å². The molecule has 0 spiro atoms. The van der Waals surface area contributed by atoms with Gasteiger partial charge in [-0.05, 0) is 19.1 Å². The fourth-order valence-corrected chi connectivity index (χ4v) is 3.45. The van der Waals surface area contributed by atoms with Crippen molar-refractivity contribution >= 4 is 29.4 Å². The first-order chi connectivity index (χ1) is 12.1. The molecule has 3 rings (SSSR count). The number of amides is 3. The van der Waals surface area contributed by atoms with Crippen LogP contribution in [-0.2, 0) is 4.79 Å². The normalized spacial score (nSPS) is 21.0. The van der Waals surface area contributed by atoms with E-state index in [1.54, 1.807) is 6.20 Å². The molecule has 0 unspecified atom stereocenters. The predicted octanol–water partition coefficient (Wildman–Crippen LogP) is 1.44. The van der Waals surface area contributed by atoms with Crippen LogP contribution in [0.1, 0.15) is 13.3 Å². The van der Waals surface area contributed by atoms with Gasteiger partial charge in [-0.25, -0.2) is 9.78 Å². The summed E-state index contributed by atoms with van der Waals surface area (Å²) >= 11 is 5.86. The molecule has 3 amide bonds. The van der Waals surface area contributed by atoms with E-state index in [0.717, 1.165) is 32.0 Å². The van der Waals surface area contributed by atoms with Gasteiger partial charge >= 0.3 is 6.03 Å². The highest BCUT2D eigenvalue weighted by atomic mass is 35.5. The minimum atomic E-state index is -0.0499. The van der Waals surface area contributed by atoms with Gasteiger partial charge in [0, 0.05) is 64.3 Å². The Bertz CT molecular complexity index is 616. The summed E-state index contributed by atoms with van der Waals surface area (Å²) in [5.41, 5.74) is 0. The minimum Gasteiger partial charge on any atom is -0.353 e. The van der Waals surface area contributed by atoms with Crippen LogP contribution in [0.15, 0.2) is 18.3 Å². The topological polar surface area (TPSA) is 68.8 Å². The van der Waals surface area contributed by atoms with E-state index < -0.39 is 0 Å². The molecule has 8 heteroatoms. The number of hydrogen-bond donors (Lipinski definition) is 1. The number of aromatic nitrogens is 1. The van der Waals surface area contributed by atoms with Crippen LogP contribution in [0.3, 0.4) is 0 Å². The number of pyridine rings is 1. The Balaban J connectivity index is 1.42. The molecular weight excluding hydrogens is 342 g/mol. The Labute approximate surface area is 152 Å². The molecule has 2 aliphatic heterocycles. The number of urea groups is 1. The number of nitrogens with zero attached hydrogens (tertiary/aromatic N) is 4. The number of carbonyl (C=O) groups is 2. The molecule has 7 nitrogen and oxygen atoms in total. The standard InChI is InChI=1S/C17H24ClN5O2/c1-2-21-12-13(9-16(21)24)10-20-17(25)23-7-5-22(6-8-23)15-4-3-14(18)11-19-15/h3-4,11,13H,2,5-10,12H2,1H3,(H,20,25)/t13-/m0/s1. The third-order valence-electron chi connectivity index (χ3n) is 4.82. The molecule has 136 valence electrons. The van der Waals surface area contributed by atoms with E-state index in [2.05, 4.69) is 15.2 Å². The van der Waals surface area contributed by atoms with E-state index in [4.69, 9.17) is 11.6 Å². The number of carbonyl (C=O) groups excluding carboxylic acids is 2. The Morgan fingerprint density at radius 1 is 1.32 bits per heavy atom. The first-order valence-electron chi connectivity index (χ1n) is 8.74. The summed E-state index contributed by atoms with van der Waals surface area (Å²) in [6.07, 6.45) is 2.17. The van der Waals surface area contributed by atoms with Crippen LogP contribution >= 0.6 is 11.6 Å². The summed E-state index contributed by atoms with van der Waals surface area (Å²) in [7, 11) is 0. The highest BCUT2D eigenvalue weighted by Crippen LogP contribution is 2.18. The summed E-state index contributed by atoms with van der Waals surface area (Å²) in [6, 6.07) is 3.67. The summed E-state index contributed by atoms with van der Waals surface area (Å²) in [6.45, 7) is 6.81. The van der Waals surface area contributed by atoms with Gasteiger partial charge in [-0.2, -0.15) is 0 Å². The maximum atomic E-state index is 12.3. The van der Waals surface area contributed by atoms with Crippen LogP contribution in [0.25, 0.3) is 0 Å². The summed E-state index contributed by atoms with van der Waals surface area (Å²) in [5.74, 6) is 1.29. The van der Waals surface area contributed by atoms with E-state index in [0.29, 0.717) is 31.1 Å². The molecular formula is C17H24ClN5O2. The first-order valence-corrected chi connectivity index (χ1v) is 9.11. The quantitative estimate of drug-likeness (QED) is 0.876. The smallest absolute Gasteiger partial charge is 0.317 e. The molecule has 1 aromatic rings. The zero-order chi connectivity index (χ0) is 17.8. The SMILES string of the molecule is CCN1C[C@H](CNC(=O)N2CCN(c3ccc(Cl)cn3)CC2)CC1=O. The van der Waals surface area contributed by atoms with Gasteiger partial charge in [0.25, 0.3) is 0 Å². The molecule has 25 heavy (non-hydrogen) atoms. The summed E-state index contributed by atoms with van der Waals surface area (Å²) < 4.78 is 0. The van der Waals surface area contributed by atoms with Gasteiger partial charge < -0.3 is 20.0 Å². The number of anilines is 1. The van der Waals surface area contributed by atoms with Gasteiger partial charge in [0.2, 0.25) is 5.91 Å². The molecule has 0 bridgehead atoms. The van der Waals surface area contributed by atoms with Crippen molar-refractivity contribution in [3.05, 3.63) is 23.4 Å². The largest absolute Gasteiger partial charge is 0.353 e. The van der Waals surface area contributed by atoms with Crippen molar-refractivity contribution in [1.82, 2.24) is 20.1 Å². The highest BCUT2D eigenvalue weighted by Gasteiger charge is 2.29. The molecule has 2 aliphatic rings. The minimum absolute atomic E-state index is 0.0499. The van der Waals surface area contributed by atoms with Crippen LogP contribution in [-0.4, -0.2) is 72.5 Å². The molecule has 0 radical (unpaired) electrons. The molecule has 2 saturated heterocycles. The van der Waals surface area contributed by atoms with Gasteiger partial charge in [0.15, 0.2) is 0 Å². The summed E-state index contributed by atoms with van der Waals surface area (Å²) in [4.78, 5) is 34.2. The second-order valence-electron chi connectivity index (χ2n) is 6.50. The lowest BCUT2D eigenvalue weighted by atomic mass is 10.1. The van der Waals surface area contributed by atoms with E-state index in [-0.39, 0.29) is 17.9 Å². The zero-order valence-electron chi connectivity index (χ0n) is 14.4. The fraction of sp³-hybridized carbons (Fsp3) is 0.588. The lowest BCUT2D eigenvalue weighted by molar-refractivity contribution is -0.127. The number of likely N-dealkylation sites (tertiary alicyclic amines) is 1. The van der Waals surface area contributed by atoms with Crippen LogP contribution in [0, 0.1) is 5.92 Å². The van der Waals surface area contributed by atoms with Crippen molar-refractivity contribution in [3.8, 4) is 0 Å². The second kappa shape index (κ2) is 7.91. The van der Waals surface area contributed by atoms with Crippen molar-refractivity contribution in [2.45, 2.75) is 13.3 Å². The van der Waals surface area contributed by atoms with Crippen molar-refractivity contribution < 1.29 is 9.59 Å². The summed E-state index contributed by atoms with van der Waals surface area (Å²) in [5, 5.41) is 3.60. The molecule has 1 atom stereocenters. The van der Waals surface area contributed by atoms with Gasteiger partial charge in [-0.1, -0.05) is 11.6 Å². The zero-order valence-corrected chi connectivity index (χ0v) is 15.2. The van der Waals surface area contributed by atoms with Gasteiger partial charge in [-0.3, -0.25) is 4.79 Å². The van der Waals surface area contributed by atoms with E-state index in [1.165, 1.54) is 0 Å². The van der Waals surface area contributed by atoms with Gasteiger partial charge in [0.1, 0.15) is 5.82 Å². The molecule has 0 aliphatic carbocycles. The Morgan fingerprint density at radius 3 is 2.68 bits per heavy atom. The monoisotopic (exact) mass is 365 g/mol. The van der Waals surface area contributed by atoms with Crippen molar-refractivity contribution in [2.24, 2.45) is 5.92 Å². The van der Waals surface area contributed by atoms with Crippen molar-refractivity contribution in [2.75, 3.05) is 50.7 Å². The third-order valence-corrected chi connectivity index (χ3v) is 5.04. The lowest BCUT2D eigenvalue weighted by Gasteiger charge is -2.35. The van der Waals surface area contributed by atoms with Crippen LogP contribution in [0.2, 0.25) is 5.02 Å². The Hall–Kier alpha value is -2.02. The Morgan fingerprint density at radius 2 is 2.08 bits per heavy atom. The molecule has 2 fully saturated rings. The molecule has 3 heterocycles. The van der Waals surface area contributed by atoms with Crippen LogP contribution in [0.5, 0.6) is 0 Å². The number of piperazine rings is 1. The number of nitrogens with one attached hydrogen (secondary N) is 1. The maximum Gasteiger partial charge on any atom is 0.317 e. The second-order valence-corrected chi connectivity index (χ2v) is 6.93. The van der Waals surface area contributed by atoms with E-state index >= 15 is 0 Å². The van der Waals surface area contributed by atoms with Crippen molar-refractivity contribution in [3.63, 3.8) is 0 Å². The third kappa shape index (κ3) is 4.34. The number of hydrogen-bond acceptors (Lipinski definition) is 4. The number of halogens is 1. The molecule has 0 aromatic carbocycles. The molecule has 0 saturated carbocycles. The average molecular weight is 366 g/mol. The Kier molecular flexibility index (Phi) is 5.63. The maximum absolute atomic E-state index is 12.3. The molecule has 1 aromatic heterocycles. The van der Waals surface area contributed by atoms with Crippen LogP contribution in [0.4, 0.5) is 10.6 Å². The molecule has 1 N–H and O–H groups in total. The van der Waals surface area contributed by atoms with E-state index in [9.17, 15) is 9.59 Å². The van der Waals surface area contributed by atoms with Gasteiger partial charge in [-0.15, -0.1) is 0 Å². The van der Waals surface area contributed by atoms with E-state index in [1.807, 2.05) is 28.9 Å². The lowest BCUT2D eigenvalue weighted by Crippen LogP contribution is -2.52. The highest BCUT2D eigenvalue weighted by molar-refractivity contribution is 6.30. The predicted molar refractivity (Wildman–Crippen MR) is 96.8 cm³/mol.